The average Bonchev–Trinajstić information content (AvgIpc) is 3.16. The monoisotopic (exact) mass is 476 g/mol. The van der Waals surface area contributed by atoms with E-state index in [1.807, 2.05) is 19.1 Å². The standard InChI is InChI=1S/C26H22F2N4O3/c1-16(18-6-8-31-24(34)12-18)10-17-2-3-22-21(11-17)20(7-9-30-22)23(33)4-5-25(35)32-15-26(27,28)13-19(32)14-29/h2-3,6-12,19H,4-5,13,15H2,1H3,(H,31,34)/b16-10+/t19-/m0/s1. The predicted octanol–water partition coefficient (Wildman–Crippen LogP) is 4.21. The first kappa shape index (κ1) is 24.0. The number of carbonyl (C=O) groups excluding carboxylic acids is 2. The second-order valence-electron chi connectivity index (χ2n) is 8.55. The number of hydrogen-bond donors (Lipinski definition) is 1. The van der Waals surface area contributed by atoms with Gasteiger partial charge in [0.15, 0.2) is 5.78 Å². The van der Waals surface area contributed by atoms with Crippen LogP contribution in [-0.4, -0.2) is 45.1 Å². The molecule has 1 atom stereocenters. The number of ketones is 1. The van der Waals surface area contributed by atoms with E-state index in [1.165, 1.54) is 12.3 Å². The number of nitriles is 1. The molecule has 3 heterocycles. The van der Waals surface area contributed by atoms with Crippen LogP contribution in [0.15, 0.2) is 53.6 Å². The van der Waals surface area contributed by atoms with Gasteiger partial charge in [0.05, 0.1) is 18.1 Å². The number of carbonyl (C=O) groups is 2. The fraction of sp³-hybridized carbons (Fsp3) is 0.269. The first-order valence-corrected chi connectivity index (χ1v) is 11.0. The molecule has 3 aromatic rings. The number of rotatable bonds is 6. The second kappa shape index (κ2) is 9.58. The van der Waals surface area contributed by atoms with Gasteiger partial charge in [-0.15, -0.1) is 0 Å². The summed E-state index contributed by atoms with van der Waals surface area (Å²) >= 11 is 0. The second-order valence-corrected chi connectivity index (χ2v) is 8.55. The summed E-state index contributed by atoms with van der Waals surface area (Å²) in [6.45, 7) is 1.06. The maximum atomic E-state index is 13.6. The number of amides is 1. The average molecular weight is 476 g/mol. The molecule has 1 aromatic carbocycles. The van der Waals surface area contributed by atoms with Crippen LogP contribution in [0.5, 0.6) is 0 Å². The van der Waals surface area contributed by atoms with Crippen LogP contribution < -0.4 is 5.56 Å². The Kier molecular flexibility index (Phi) is 6.56. The summed E-state index contributed by atoms with van der Waals surface area (Å²) in [7, 11) is 0. The van der Waals surface area contributed by atoms with Gasteiger partial charge in [-0.05, 0) is 47.9 Å². The molecule has 0 spiro atoms. The van der Waals surface area contributed by atoms with Gasteiger partial charge in [0.2, 0.25) is 11.5 Å². The van der Waals surface area contributed by atoms with Crippen molar-refractivity contribution in [1.29, 1.82) is 5.26 Å². The van der Waals surface area contributed by atoms with Crippen molar-refractivity contribution in [2.75, 3.05) is 6.54 Å². The number of hydrogen-bond acceptors (Lipinski definition) is 5. The van der Waals surface area contributed by atoms with Crippen molar-refractivity contribution in [1.82, 2.24) is 14.9 Å². The fourth-order valence-corrected chi connectivity index (χ4v) is 4.21. The third-order valence-corrected chi connectivity index (χ3v) is 5.98. The number of nitrogens with zero attached hydrogens (tertiary/aromatic N) is 3. The Bertz CT molecular complexity index is 1440. The Morgan fingerprint density at radius 3 is 2.80 bits per heavy atom. The van der Waals surface area contributed by atoms with E-state index in [9.17, 15) is 23.2 Å². The highest BCUT2D eigenvalue weighted by molar-refractivity contribution is 6.08. The molecule has 9 heteroatoms. The molecule has 35 heavy (non-hydrogen) atoms. The van der Waals surface area contributed by atoms with Gasteiger partial charge in [-0.25, -0.2) is 8.78 Å². The Hall–Kier alpha value is -4.19. The molecule has 7 nitrogen and oxygen atoms in total. The number of likely N-dealkylation sites (tertiary alicyclic amines) is 1. The topological polar surface area (TPSA) is 107 Å². The van der Waals surface area contributed by atoms with Crippen LogP contribution >= 0.6 is 0 Å². The molecule has 0 radical (unpaired) electrons. The van der Waals surface area contributed by atoms with Gasteiger partial charge in [0, 0.05) is 48.7 Å². The first-order chi connectivity index (χ1) is 16.7. The summed E-state index contributed by atoms with van der Waals surface area (Å²) in [5, 5.41) is 9.69. The number of H-pyrrole nitrogens is 1. The number of aromatic nitrogens is 2. The number of fused-ring (bicyclic) bond motifs is 1. The van der Waals surface area contributed by atoms with Crippen LogP contribution in [0.4, 0.5) is 8.78 Å². The van der Waals surface area contributed by atoms with Crippen molar-refractivity contribution in [2.24, 2.45) is 0 Å². The lowest BCUT2D eigenvalue weighted by Gasteiger charge is -2.18. The summed E-state index contributed by atoms with van der Waals surface area (Å²) in [6, 6.07) is 10.8. The smallest absolute Gasteiger partial charge is 0.268 e. The lowest BCUT2D eigenvalue weighted by Crippen LogP contribution is -2.36. The van der Waals surface area contributed by atoms with Crippen molar-refractivity contribution in [3.63, 3.8) is 0 Å². The van der Waals surface area contributed by atoms with E-state index in [0.29, 0.717) is 16.5 Å². The zero-order valence-corrected chi connectivity index (χ0v) is 18.9. The van der Waals surface area contributed by atoms with E-state index < -0.39 is 30.8 Å². The summed E-state index contributed by atoms with van der Waals surface area (Å²) in [5.74, 6) is -4.06. The number of benzene rings is 1. The Morgan fingerprint density at radius 2 is 2.06 bits per heavy atom. The van der Waals surface area contributed by atoms with Crippen LogP contribution in [-0.2, 0) is 4.79 Å². The molecule has 1 aliphatic rings. The van der Waals surface area contributed by atoms with Crippen molar-refractivity contribution in [3.05, 3.63) is 75.8 Å². The summed E-state index contributed by atoms with van der Waals surface area (Å²) < 4.78 is 27.3. The number of alkyl halides is 2. The summed E-state index contributed by atoms with van der Waals surface area (Å²) in [5.41, 5.74) is 3.17. The first-order valence-electron chi connectivity index (χ1n) is 11.0. The predicted molar refractivity (Wildman–Crippen MR) is 127 cm³/mol. The van der Waals surface area contributed by atoms with Crippen molar-refractivity contribution < 1.29 is 18.4 Å². The van der Waals surface area contributed by atoms with E-state index in [-0.39, 0.29) is 24.2 Å². The molecule has 1 saturated heterocycles. The highest BCUT2D eigenvalue weighted by Crippen LogP contribution is 2.32. The number of allylic oxidation sites excluding steroid dienone is 1. The molecule has 0 bridgehead atoms. The maximum Gasteiger partial charge on any atom is 0.268 e. The van der Waals surface area contributed by atoms with Gasteiger partial charge in [-0.1, -0.05) is 12.1 Å². The molecule has 0 saturated carbocycles. The number of pyridine rings is 2. The third-order valence-electron chi connectivity index (χ3n) is 5.98. The van der Waals surface area contributed by atoms with Crippen molar-refractivity contribution in [3.8, 4) is 6.07 Å². The quantitative estimate of drug-likeness (QED) is 0.537. The maximum absolute atomic E-state index is 13.6. The van der Waals surface area contributed by atoms with Crippen molar-refractivity contribution >= 4 is 34.2 Å². The van der Waals surface area contributed by atoms with E-state index in [0.717, 1.165) is 21.6 Å². The van der Waals surface area contributed by atoms with E-state index >= 15 is 0 Å². The van der Waals surface area contributed by atoms with Gasteiger partial charge in [0.1, 0.15) is 6.04 Å². The third kappa shape index (κ3) is 5.32. The number of Topliss-reactive ketones (excluding diaryl/α,β-unsaturated/α-hetero) is 1. The van der Waals surface area contributed by atoms with E-state index in [2.05, 4.69) is 9.97 Å². The van der Waals surface area contributed by atoms with Crippen LogP contribution in [0.2, 0.25) is 0 Å². The van der Waals surface area contributed by atoms with Crippen LogP contribution in [0.1, 0.15) is 47.7 Å². The molecule has 1 amide bonds. The van der Waals surface area contributed by atoms with Crippen LogP contribution in [0.3, 0.4) is 0 Å². The molecule has 2 aromatic heterocycles. The van der Waals surface area contributed by atoms with Gasteiger partial charge in [-0.3, -0.25) is 19.4 Å². The molecule has 1 fully saturated rings. The summed E-state index contributed by atoms with van der Waals surface area (Å²) in [6.07, 6.45) is 3.82. The number of halogens is 2. The van der Waals surface area contributed by atoms with Gasteiger partial charge < -0.3 is 9.88 Å². The Balaban J connectivity index is 1.55. The number of nitrogens with one attached hydrogen (secondary N) is 1. The van der Waals surface area contributed by atoms with E-state index in [4.69, 9.17) is 5.26 Å². The minimum Gasteiger partial charge on any atom is -0.329 e. The Morgan fingerprint density at radius 1 is 1.26 bits per heavy atom. The molecule has 1 N–H and O–H groups in total. The van der Waals surface area contributed by atoms with Gasteiger partial charge in [-0.2, -0.15) is 5.26 Å². The molecular formula is C26H22F2N4O3. The van der Waals surface area contributed by atoms with Crippen molar-refractivity contribution in [2.45, 2.75) is 38.2 Å². The molecule has 4 rings (SSSR count). The minimum absolute atomic E-state index is 0.177. The fourth-order valence-electron chi connectivity index (χ4n) is 4.21. The SMILES string of the molecule is C/C(=C\c1ccc2nccc(C(=O)CCC(=O)N3CC(F)(F)C[C@H]3C#N)c2c1)c1cc[nH]c(=O)c1. The molecule has 1 aliphatic heterocycles. The van der Waals surface area contributed by atoms with Gasteiger partial charge >= 0.3 is 0 Å². The normalized spacial score (nSPS) is 17.4. The highest BCUT2D eigenvalue weighted by atomic mass is 19.3. The zero-order valence-electron chi connectivity index (χ0n) is 18.9. The van der Waals surface area contributed by atoms with Crippen LogP contribution in [0, 0.1) is 11.3 Å². The lowest BCUT2D eigenvalue weighted by atomic mass is 9.99. The van der Waals surface area contributed by atoms with E-state index in [1.54, 1.807) is 36.5 Å². The molecular weight excluding hydrogens is 454 g/mol. The molecule has 178 valence electrons. The zero-order chi connectivity index (χ0) is 25.2. The molecule has 0 unspecified atom stereocenters. The minimum atomic E-state index is -3.10. The van der Waals surface area contributed by atoms with Gasteiger partial charge in [0.25, 0.3) is 5.92 Å². The van der Waals surface area contributed by atoms with Crippen LogP contribution in [0.25, 0.3) is 22.6 Å². The summed E-state index contributed by atoms with van der Waals surface area (Å²) in [4.78, 5) is 44.8. The Labute approximate surface area is 199 Å². The molecule has 0 aliphatic carbocycles. The largest absolute Gasteiger partial charge is 0.329 e. The highest BCUT2D eigenvalue weighted by Gasteiger charge is 2.47. The number of aromatic amines is 1. The lowest BCUT2D eigenvalue weighted by molar-refractivity contribution is -0.132.